The molecule has 0 saturated carbocycles. The van der Waals surface area contributed by atoms with Gasteiger partial charge in [-0.1, -0.05) is 6.07 Å². The number of halogens is 3. The van der Waals surface area contributed by atoms with Gasteiger partial charge in [0, 0.05) is 18.5 Å². The minimum atomic E-state index is -4.60. The Labute approximate surface area is 156 Å². The number of pyridine rings is 1. The van der Waals surface area contributed by atoms with Crippen LogP contribution >= 0.6 is 22.7 Å². The van der Waals surface area contributed by atoms with Crippen LogP contribution in [0.15, 0.2) is 23.6 Å². The van der Waals surface area contributed by atoms with E-state index in [-0.39, 0.29) is 32.4 Å². The highest BCUT2D eigenvalue weighted by atomic mass is 32.1. The SMILES string of the molecule is CCN(CC)C(=O)c1sc2nc(-c3cccs3)cc(C(F)(F)F)c2c1N. The van der Waals surface area contributed by atoms with Crippen molar-refractivity contribution in [2.75, 3.05) is 18.8 Å². The topological polar surface area (TPSA) is 59.2 Å². The number of fused-ring (bicyclic) bond motifs is 1. The Balaban J connectivity index is 2.27. The van der Waals surface area contributed by atoms with Gasteiger partial charge in [-0.2, -0.15) is 13.2 Å². The number of rotatable bonds is 4. The van der Waals surface area contributed by atoms with E-state index in [2.05, 4.69) is 4.98 Å². The van der Waals surface area contributed by atoms with Crippen LogP contribution in [0.5, 0.6) is 0 Å². The van der Waals surface area contributed by atoms with E-state index in [0.717, 1.165) is 17.4 Å². The van der Waals surface area contributed by atoms with E-state index in [9.17, 15) is 18.0 Å². The molecule has 0 bridgehead atoms. The number of thiophene rings is 2. The van der Waals surface area contributed by atoms with Gasteiger partial charge in [0.1, 0.15) is 9.71 Å². The summed E-state index contributed by atoms with van der Waals surface area (Å²) in [7, 11) is 0. The summed E-state index contributed by atoms with van der Waals surface area (Å²) in [4.78, 5) is 19.3. The molecule has 0 atom stereocenters. The summed E-state index contributed by atoms with van der Waals surface area (Å²) in [5, 5.41) is 1.57. The van der Waals surface area contributed by atoms with Crippen LogP contribution in [0.3, 0.4) is 0 Å². The lowest BCUT2D eigenvalue weighted by molar-refractivity contribution is -0.136. The number of carbonyl (C=O) groups is 1. The van der Waals surface area contributed by atoms with Crippen LogP contribution in [0, 0.1) is 0 Å². The first-order chi connectivity index (χ1) is 12.3. The van der Waals surface area contributed by atoms with Gasteiger partial charge in [0.05, 0.1) is 21.8 Å². The molecule has 3 heterocycles. The second kappa shape index (κ2) is 6.88. The van der Waals surface area contributed by atoms with Crippen LogP contribution in [0.4, 0.5) is 18.9 Å². The zero-order valence-corrected chi connectivity index (χ0v) is 15.7. The molecular weight excluding hydrogens is 383 g/mol. The van der Waals surface area contributed by atoms with Gasteiger partial charge < -0.3 is 10.6 Å². The van der Waals surface area contributed by atoms with Gasteiger partial charge in [0.15, 0.2) is 0 Å². The van der Waals surface area contributed by atoms with Crippen molar-refractivity contribution in [1.29, 1.82) is 0 Å². The van der Waals surface area contributed by atoms with E-state index < -0.39 is 11.7 Å². The van der Waals surface area contributed by atoms with Gasteiger partial charge in [-0.05, 0) is 31.4 Å². The van der Waals surface area contributed by atoms with Gasteiger partial charge in [-0.3, -0.25) is 4.79 Å². The molecule has 0 fully saturated rings. The molecule has 0 unspecified atom stereocenters. The molecule has 3 aromatic rings. The molecule has 9 heteroatoms. The molecule has 0 saturated heterocycles. The van der Waals surface area contributed by atoms with Crippen molar-refractivity contribution in [2.24, 2.45) is 0 Å². The molecule has 0 aromatic carbocycles. The Bertz CT molecular complexity index is 944. The van der Waals surface area contributed by atoms with Gasteiger partial charge in [0.25, 0.3) is 5.91 Å². The van der Waals surface area contributed by atoms with Gasteiger partial charge in [0.2, 0.25) is 0 Å². The molecule has 138 valence electrons. The number of nitrogens with two attached hydrogens (primary N) is 1. The maximum Gasteiger partial charge on any atom is 0.417 e. The number of hydrogen-bond donors (Lipinski definition) is 1. The number of carbonyl (C=O) groups excluding carboxylic acids is 1. The van der Waals surface area contributed by atoms with Crippen molar-refractivity contribution < 1.29 is 18.0 Å². The number of amides is 1. The number of anilines is 1. The molecule has 3 aromatic heterocycles. The van der Waals surface area contributed by atoms with Gasteiger partial charge >= 0.3 is 6.18 Å². The molecule has 0 aliphatic carbocycles. The maximum absolute atomic E-state index is 13.7. The molecule has 4 nitrogen and oxygen atoms in total. The average molecular weight is 399 g/mol. The fraction of sp³-hybridized carbons (Fsp3) is 0.294. The molecule has 0 aliphatic heterocycles. The first kappa shape index (κ1) is 18.7. The van der Waals surface area contributed by atoms with E-state index in [1.165, 1.54) is 16.2 Å². The summed E-state index contributed by atoms with van der Waals surface area (Å²) in [5.41, 5.74) is 5.19. The number of hydrogen-bond acceptors (Lipinski definition) is 5. The summed E-state index contributed by atoms with van der Waals surface area (Å²) in [5.74, 6) is -0.374. The predicted octanol–water partition coefficient (Wildman–Crippen LogP) is 5.11. The Morgan fingerprint density at radius 1 is 1.31 bits per heavy atom. The first-order valence-electron chi connectivity index (χ1n) is 7.91. The summed E-state index contributed by atoms with van der Waals surface area (Å²) >= 11 is 2.21. The van der Waals surface area contributed by atoms with Gasteiger partial charge in [-0.25, -0.2) is 4.98 Å². The second-order valence-corrected chi connectivity index (χ2v) is 7.48. The van der Waals surface area contributed by atoms with Crippen molar-refractivity contribution in [1.82, 2.24) is 9.88 Å². The minimum absolute atomic E-state index is 0.102. The minimum Gasteiger partial charge on any atom is -0.397 e. The molecular formula is C17H16F3N3OS2. The fourth-order valence-corrected chi connectivity index (χ4v) is 4.48. The smallest absolute Gasteiger partial charge is 0.397 e. The highest BCUT2D eigenvalue weighted by Crippen LogP contribution is 2.44. The number of aromatic nitrogens is 1. The highest BCUT2D eigenvalue weighted by molar-refractivity contribution is 7.21. The third kappa shape index (κ3) is 3.16. The van der Waals surface area contributed by atoms with E-state index in [1.807, 2.05) is 0 Å². The van der Waals surface area contributed by atoms with Crippen molar-refractivity contribution >= 4 is 44.5 Å². The van der Waals surface area contributed by atoms with Crippen LogP contribution < -0.4 is 5.73 Å². The van der Waals surface area contributed by atoms with Crippen LogP contribution in [-0.2, 0) is 6.18 Å². The molecule has 0 radical (unpaired) electrons. The van der Waals surface area contributed by atoms with Crippen molar-refractivity contribution in [3.63, 3.8) is 0 Å². The largest absolute Gasteiger partial charge is 0.417 e. The van der Waals surface area contributed by atoms with E-state index in [0.29, 0.717) is 18.0 Å². The third-order valence-electron chi connectivity index (χ3n) is 4.02. The Morgan fingerprint density at radius 3 is 2.54 bits per heavy atom. The number of alkyl halides is 3. The lowest BCUT2D eigenvalue weighted by Gasteiger charge is -2.17. The highest BCUT2D eigenvalue weighted by Gasteiger charge is 2.36. The number of nitrogens with zero attached hydrogens (tertiary/aromatic N) is 2. The quantitative estimate of drug-likeness (QED) is 0.663. The number of nitrogen functional groups attached to an aromatic ring is 1. The lowest BCUT2D eigenvalue weighted by Crippen LogP contribution is -2.30. The fourth-order valence-electron chi connectivity index (χ4n) is 2.71. The first-order valence-corrected chi connectivity index (χ1v) is 9.60. The third-order valence-corrected chi connectivity index (χ3v) is 6.00. The molecule has 0 aliphatic rings. The molecule has 0 spiro atoms. The summed E-state index contributed by atoms with van der Waals surface area (Å²) in [6.45, 7) is 4.50. The normalized spacial score (nSPS) is 11.9. The van der Waals surface area contributed by atoms with E-state index in [1.54, 1.807) is 31.4 Å². The Hall–Kier alpha value is -2.13. The molecule has 2 N–H and O–H groups in total. The predicted molar refractivity (Wildman–Crippen MR) is 99.6 cm³/mol. The molecule has 3 rings (SSSR count). The Kier molecular flexibility index (Phi) is 4.94. The second-order valence-electron chi connectivity index (χ2n) is 5.53. The van der Waals surface area contributed by atoms with Crippen molar-refractivity contribution in [2.45, 2.75) is 20.0 Å². The van der Waals surface area contributed by atoms with Gasteiger partial charge in [-0.15, -0.1) is 22.7 Å². The van der Waals surface area contributed by atoms with E-state index in [4.69, 9.17) is 5.73 Å². The van der Waals surface area contributed by atoms with Crippen LogP contribution in [-0.4, -0.2) is 28.9 Å². The standard InChI is InChI=1S/C17H16F3N3OS2/c1-3-23(4-2)16(24)14-13(21)12-9(17(18,19)20)8-10(22-15(12)26-14)11-6-5-7-25-11/h5-8H,3-4,21H2,1-2H3. The van der Waals surface area contributed by atoms with Crippen molar-refractivity contribution in [3.05, 3.63) is 34.0 Å². The van der Waals surface area contributed by atoms with Crippen LogP contribution in [0.25, 0.3) is 20.8 Å². The van der Waals surface area contributed by atoms with E-state index >= 15 is 0 Å². The average Bonchev–Trinajstić information content (AvgIpc) is 3.22. The summed E-state index contributed by atoms with van der Waals surface area (Å²) in [6, 6.07) is 4.46. The zero-order valence-electron chi connectivity index (χ0n) is 14.1. The Morgan fingerprint density at radius 2 is 2.00 bits per heavy atom. The summed E-state index contributed by atoms with van der Waals surface area (Å²) < 4.78 is 41.0. The zero-order chi connectivity index (χ0) is 19.1. The maximum atomic E-state index is 13.7. The van der Waals surface area contributed by atoms with Crippen molar-refractivity contribution in [3.8, 4) is 10.6 Å². The monoisotopic (exact) mass is 399 g/mol. The van der Waals surface area contributed by atoms with Crippen LogP contribution in [0.2, 0.25) is 0 Å². The molecule has 26 heavy (non-hydrogen) atoms. The lowest BCUT2D eigenvalue weighted by atomic mass is 10.1. The summed E-state index contributed by atoms with van der Waals surface area (Å²) in [6.07, 6.45) is -4.60. The van der Waals surface area contributed by atoms with Crippen LogP contribution in [0.1, 0.15) is 29.1 Å². The molecule has 1 amide bonds.